The fraction of sp³-hybridized carbons (Fsp3) is 0.0476. The van der Waals surface area contributed by atoms with Gasteiger partial charge in [-0.2, -0.15) is 5.10 Å². The van der Waals surface area contributed by atoms with Crippen LogP contribution in [0.5, 0.6) is 11.5 Å². The third-order valence-electron chi connectivity index (χ3n) is 3.73. The van der Waals surface area contributed by atoms with Crippen molar-refractivity contribution in [2.75, 3.05) is 0 Å². The van der Waals surface area contributed by atoms with Gasteiger partial charge in [0.15, 0.2) is 0 Å². The van der Waals surface area contributed by atoms with Crippen molar-refractivity contribution >= 4 is 28.1 Å². The SMILES string of the molecule is O=C(NN=Cc1ccccc1O)c1cc(Br)ccc1OCc1ccccc1. The standard InChI is InChI=1S/C21H17BrN2O3/c22-17-10-11-20(27-14-15-6-2-1-3-7-15)18(12-17)21(26)24-23-13-16-8-4-5-9-19(16)25/h1-13,25H,14H2,(H,24,26). The van der Waals surface area contributed by atoms with E-state index < -0.39 is 5.91 Å². The Bertz CT molecular complexity index is 959. The van der Waals surface area contributed by atoms with E-state index in [4.69, 9.17) is 4.74 Å². The minimum absolute atomic E-state index is 0.0878. The Morgan fingerprint density at radius 1 is 1.07 bits per heavy atom. The molecule has 6 heteroatoms. The van der Waals surface area contributed by atoms with Gasteiger partial charge in [-0.05, 0) is 35.9 Å². The number of ether oxygens (including phenoxy) is 1. The van der Waals surface area contributed by atoms with Gasteiger partial charge >= 0.3 is 0 Å². The molecule has 0 bridgehead atoms. The molecule has 2 N–H and O–H groups in total. The molecule has 1 amide bonds. The van der Waals surface area contributed by atoms with Crippen molar-refractivity contribution < 1.29 is 14.6 Å². The van der Waals surface area contributed by atoms with Crippen LogP contribution in [0.25, 0.3) is 0 Å². The van der Waals surface area contributed by atoms with E-state index in [1.807, 2.05) is 36.4 Å². The van der Waals surface area contributed by atoms with Gasteiger partial charge in [0.25, 0.3) is 5.91 Å². The minimum Gasteiger partial charge on any atom is -0.507 e. The first-order valence-electron chi connectivity index (χ1n) is 8.21. The number of rotatable bonds is 6. The van der Waals surface area contributed by atoms with Gasteiger partial charge in [-0.1, -0.05) is 58.4 Å². The second-order valence-corrected chi connectivity index (χ2v) is 6.59. The van der Waals surface area contributed by atoms with Crippen LogP contribution in [-0.4, -0.2) is 17.2 Å². The van der Waals surface area contributed by atoms with Crippen molar-refractivity contribution in [3.8, 4) is 11.5 Å². The highest BCUT2D eigenvalue weighted by atomic mass is 79.9. The second kappa shape index (κ2) is 9.00. The predicted octanol–water partition coefficient (Wildman–Crippen LogP) is 4.50. The quantitative estimate of drug-likeness (QED) is 0.452. The number of phenolic OH excluding ortho intramolecular Hbond substituents is 1. The third kappa shape index (κ3) is 5.18. The summed E-state index contributed by atoms with van der Waals surface area (Å²) in [7, 11) is 0. The van der Waals surface area contributed by atoms with E-state index in [0.717, 1.165) is 10.0 Å². The number of hydrogen-bond donors (Lipinski definition) is 2. The lowest BCUT2D eigenvalue weighted by molar-refractivity contribution is 0.0950. The minimum atomic E-state index is -0.411. The smallest absolute Gasteiger partial charge is 0.275 e. The van der Waals surface area contributed by atoms with E-state index in [1.165, 1.54) is 6.21 Å². The fourth-order valence-electron chi connectivity index (χ4n) is 2.36. The maximum absolute atomic E-state index is 12.5. The van der Waals surface area contributed by atoms with Crippen molar-refractivity contribution in [1.29, 1.82) is 0 Å². The van der Waals surface area contributed by atoms with E-state index in [2.05, 4.69) is 26.5 Å². The van der Waals surface area contributed by atoms with Gasteiger partial charge in [0, 0.05) is 10.0 Å². The molecule has 0 saturated heterocycles. The van der Waals surface area contributed by atoms with Gasteiger partial charge in [0.05, 0.1) is 11.8 Å². The number of nitrogens with one attached hydrogen (secondary N) is 1. The number of halogens is 1. The molecule has 0 saturated carbocycles. The van der Waals surface area contributed by atoms with Gasteiger partial charge in [0.2, 0.25) is 0 Å². The van der Waals surface area contributed by atoms with Crippen molar-refractivity contribution in [1.82, 2.24) is 5.43 Å². The summed E-state index contributed by atoms with van der Waals surface area (Å²) >= 11 is 3.37. The van der Waals surface area contributed by atoms with E-state index in [9.17, 15) is 9.90 Å². The van der Waals surface area contributed by atoms with Crippen molar-refractivity contribution in [3.63, 3.8) is 0 Å². The van der Waals surface area contributed by atoms with Gasteiger partial charge < -0.3 is 9.84 Å². The highest BCUT2D eigenvalue weighted by Crippen LogP contribution is 2.24. The number of benzene rings is 3. The molecular formula is C21H17BrN2O3. The van der Waals surface area contributed by atoms with Gasteiger partial charge in [0.1, 0.15) is 18.1 Å². The molecule has 0 aliphatic rings. The zero-order valence-corrected chi connectivity index (χ0v) is 15.9. The molecule has 0 atom stereocenters. The summed E-state index contributed by atoms with van der Waals surface area (Å²) in [4.78, 5) is 12.5. The lowest BCUT2D eigenvalue weighted by atomic mass is 10.2. The molecule has 0 spiro atoms. The molecule has 3 aromatic rings. The summed E-state index contributed by atoms with van der Waals surface area (Å²) in [6, 6.07) is 21.6. The summed E-state index contributed by atoms with van der Waals surface area (Å²) < 4.78 is 6.56. The molecule has 0 aliphatic carbocycles. The van der Waals surface area contributed by atoms with Crippen LogP contribution in [0, 0.1) is 0 Å². The maximum atomic E-state index is 12.5. The zero-order valence-electron chi connectivity index (χ0n) is 14.3. The normalized spacial score (nSPS) is 10.7. The van der Waals surface area contributed by atoms with Crippen LogP contribution in [-0.2, 0) is 6.61 Å². The molecule has 0 fully saturated rings. The van der Waals surface area contributed by atoms with Crippen LogP contribution in [0.1, 0.15) is 21.5 Å². The number of hydrogen-bond acceptors (Lipinski definition) is 4. The van der Waals surface area contributed by atoms with Crippen LogP contribution < -0.4 is 10.2 Å². The summed E-state index contributed by atoms with van der Waals surface area (Å²) in [5.41, 5.74) is 4.33. The largest absolute Gasteiger partial charge is 0.507 e. The molecule has 0 heterocycles. The maximum Gasteiger partial charge on any atom is 0.275 e. The van der Waals surface area contributed by atoms with Gasteiger partial charge in [-0.3, -0.25) is 4.79 Å². The number of aromatic hydroxyl groups is 1. The topological polar surface area (TPSA) is 70.9 Å². The number of hydrazone groups is 1. The van der Waals surface area contributed by atoms with Crippen molar-refractivity contribution in [2.45, 2.75) is 6.61 Å². The van der Waals surface area contributed by atoms with E-state index in [0.29, 0.717) is 23.5 Å². The molecule has 3 rings (SSSR count). The van der Waals surface area contributed by atoms with Crippen LogP contribution in [0.3, 0.4) is 0 Å². The van der Waals surface area contributed by atoms with Crippen molar-refractivity contribution in [2.24, 2.45) is 5.10 Å². The number of nitrogens with zero attached hydrogens (tertiary/aromatic N) is 1. The highest BCUT2D eigenvalue weighted by Gasteiger charge is 2.13. The first-order valence-corrected chi connectivity index (χ1v) is 9.00. The number of carbonyl (C=O) groups excluding carboxylic acids is 1. The first-order chi connectivity index (χ1) is 13.1. The summed E-state index contributed by atoms with van der Waals surface area (Å²) in [6.07, 6.45) is 1.38. The number of phenols is 1. The molecule has 3 aromatic carbocycles. The molecule has 27 heavy (non-hydrogen) atoms. The van der Waals surface area contributed by atoms with Crippen molar-refractivity contribution in [3.05, 3.63) is 94.0 Å². The van der Waals surface area contributed by atoms with E-state index in [-0.39, 0.29) is 5.75 Å². The molecule has 0 aliphatic heterocycles. The average Bonchev–Trinajstić information content (AvgIpc) is 2.69. The zero-order chi connectivity index (χ0) is 19.1. The summed E-state index contributed by atoms with van der Waals surface area (Å²) in [6.45, 7) is 0.351. The third-order valence-corrected chi connectivity index (χ3v) is 4.22. The fourth-order valence-corrected chi connectivity index (χ4v) is 2.72. The number of amides is 1. The Morgan fingerprint density at radius 2 is 1.81 bits per heavy atom. The Balaban J connectivity index is 1.71. The van der Waals surface area contributed by atoms with Crippen LogP contribution >= 0.6 is 15.9 Å². The van der Waals surface area contributed by atoms with E-state index in [1.54, 1.807) is 36.4 Å². The molecular weight excluding hydrogens is 408 g/mol. The van der Waals surface area contributed by atoms with Crippen LogP contribution in [0.4, 0.5) is 0 Å². The lowest BCUT2D eigenvalue weighted by Gasteiger charge is -2.11. The average molecular weight is 425 g/mol. The van der Waals surface area contributed by atoms with Gasteiger partial charge in [-0.25, -0.2) is 5.43 Å². The van der Waals surface area contributed by atoms with E-state index >= 15 is 0 Å². The van der Waals surface area contributed by atoms with Crippen LogP contribution in [0.15, 0.2) is 82.4 Å². The Morgan fingerprint density at radius 3 is 2.59 bits per heavy atom. The highest BCUT2D eigenvalue weighted by molar-refractivity contribution is 9.10. The van der Waals surface area contributed by atoms with Crippen LogP contribution in [0.2, 0.25) is 0 Å². The first kappa shape index (κ1) is 18.7. The molecule has 0 radical (unpaired) electrons. The Labute approximate surface area is 165 Å². The molecule has 5 nitrogen and oxygen atoms in total. The second-order valence-electron chi connectivity index (χ2n) is 5.67. The molecule has 136 valence electrons. The lowest BCUT2D eigenvalue weighted by Crippen LogP contribution is -2.18. The molecule has 0 aromatic heterocycles. The molecule has 0 unspecified atom stereocenters. The van der Waals surface area contributed by atoms with Gasteiger partial charge in [-0.15, -0.1) is 0 Å². The number of para-hydroxylation sites is 1. The monoisotopic (exact) mass is 424 g/mol. The Kier molecular flexibility index (Phi) is 6.22. The summed E-state index contributed by atoms with van der Waals surface area (Å²) in [5.74, 6) is 0.133. The number of carbonyl (C=O) groups is 1. The predicted molar refractivity (Wildman–Crippen MR) is 108 cm³/mol. The Hall–Kier alpha value is -3.12. The summed E-state index contributed by atoms with van der Waals surface area (Å²) in [5, 5.41) is 13.6.